The van der Waals surface area contributed by atoms with Crippen molar-refractivity contribution in [3.05, 3.63) is 50.1 Å². The predicted molar refractivity (Wildman–Crippen MR) is 89.5 cm³/mol. The van der Waals surface area contributed by atoms with Gasteiger partial charge in [-0.25, -0.2) is 0 Å². The Morgan fingerprint density at radius 2 is 2.00 bits per heavy atom. The Morgan fingerprint density at radius 1 is 1.30 bits per heavy atom. The molecule has 0 aliphatic carbocycles. The number of hydrogen-bond donors (Lipinski definition) is 1. The Bertz CT molecular complexity index is 570. The van der Waals surface area contributed by atoms with Gasteiger partial charge in [-0.15, -0.1) is 11.3 Å². The topological polar surface area (TPSA) is 29.1 Å². The van der Waals surface area contributed by atoms with Crippen LogP contribution in [0.4, 0.5) is 5.69 Å². The number of anilines is 1. The zero-order chi connectivity index (χ0) is 14.5. The first-order valence-corrected chi connectivity index (χ1v) is 8.32. The monoisotopic (exact) mass is 351 g/mol. The fraction of sp³-hybridized carbons (Fsp3) is 0.312. The van der Waals surface area contributed by atoms with E-state index in [1.807, 2.05) is 26.0 Å². The van der Waals surface area contributed by atoms with Crippen LogP contribution in [0.2, 0.25) is 0 Å². The van der Waals surface area contributed by atoms with Crippen molar-refractivity contribution >= 4 is 38.9 Å². The first kappa shape index (κ1) is 15.3. The van der Waals surface area contributed by atoms with E-state index in [2.05, 4.69) is 38.8 Å². The molecular formula is C16H18BrNOS. The second kappa shape index (κ2) is 7.04. The number of carbonyl (C=O) groups is 1. The number of thiophene rings is 1. The molecule has 0 saturated heterocycles. The Hall–Kier alpha value is -1.13. The van der Waals surface area contributed by atoms with E-state index in [1.165, 1.54) is 4.88 Å². The standard InChI is InChI=1S/C16H18BrNOS/c1-11-9-13(17)10-12(2)16(11)18-15(19)7-3-5-14-6-4-8-20-14/h4,6,8-10H,3,5,7H2,1-2H3,(H,18,19). The van der Waals surface area contributed by atoms with Crippen LogP contribution >= 0.6 is 27.3 Å². The molecule has 20 heavy (non-hydrogen) atoms. The molecule has 0 radical (unpaired) electrons. The average molecular weight is 352 g/mol. The summed E-state index contributed by atoms with van der Waals surface area (Å²) >= 11 is 5.21. The minimum absolute atomic E-state index is 0.0927. The number of halogens is 1. The second-order valence-electron chi connectivity index (χ2n) is 4.90. The highest BCUT2D eigenvalue weighted by Gasteiger charge is 2.08. The molecule has 0 spiro atoms. The number of amides is 1. The third-order valence-electron chi connectivity index (χ3n) is 3.17. The number of nitrogens with one attached hydrogen (secondary N) is 1. The molecule has 0 bridgehead atoms. The number of aryl methyl sites for hydroxylation is 3. The van der Waals surface area contributed by atoms with E-state index in [1.54, 1.807) is 11.3 Å². The highest BCUT2D eigenvalue weighted by atomic mass is 79.9. The van der Waals surface area contributed by atoms with Crippen LogP contribution in [0.25, 0.3) is 0 Å². The average Bonchev–Trinajstić information content (AvgIpc) is 2.87. The zero-order valence-corrected chi connectivity index (χ0v) is 14.1. The van der Waals surface area contributed by atoms with Crippen LogP contribution in [-0.4, -0.2) is 5.91 Å². The summed E-state index contributed by atoms with van der Waals surface area (Å²) in [6.45, 7) is 4.03. The first-order valence-electron chi connectivity index (χ1n) is 6.65. The lowest BCUT2D eigenvalue weighted by molar-refractivity contribution is -0.116. The molecule has 0 fully saturated rings. The maximum atomic E-state index is 12.0. The van der Waals surface area contributed by atoms with Gasteiger partial charge in [0.1, 0.15) is 0 Å². The van der Waals surface area contributed by atoms with Gasteiger partial charge in [0, 0.05) is 21.5 Å². The van der Waals surface area contributed by atoms with Crippen molar-refractivity contribution in [2.75, 3.05) is 5.32 Å². The van der Waals surface area contributed by atoms with E-state index in [0.717, 1.165) is 34.1 Å². The first-order chi connectivity index (χ1) is 9.56. The Morgan fingerprint density at radius 3 is 2.60 bits per heavy atom. The van der Waals surface area contributed by atoms with Crippen LogP contribution in [0.3, 0.4) is 0 Å². The fourth-order valence-corrected chi connectivity index (χ4v) is 3.63. The number of rotatable bonds is 5. The molecule has 0 saturated carbocycles. The predicted octanol–water partition coefficient (Wildman–Crippen LogP) is 5.09. The molecule has 1 N–H and O–H groups in total. The Kier molecular flexibility index (Phi) is 5.38. The lowest BCUT2D eigenvalue weighted by Gasteiger charge is -2.12. The minimum atomic E-state index is 0.0927. The number of carbonyl (C=O) groups excluding carboxylic acids is 1. The van der Waals surface area contributed by atoms with Crippen molar-refractivity contribution in [3.8, 4) is 0 Å². The van der Waals surface area contributed by atoms with Crippen molar-refractivity contribution in [2.45, 2.75) is 33.1 Å². The van der Waals surface area contributed by atoms with Crippen LogP contribution in [0.15, 0.2) is 34.1 Å². The van der Waals surface area contributed by atoms with Gasteiger partial charge >= 0.3 is 0 Å². The van der Waals surface area contributed by atoms with Crippen LogP contribution in [0.5, 0.6) is 0 Å². The second-order valence-corrected chi connectivity index (χ2v) is 6.84. The third-order valence-corrected chi connectivity index (χ3v) is 4.56. The van der Waals surface area contributed by atoms with Gasteiger partial charge in [0.2, 0.25) is 5.91 Å². The third kappa shape index (κ3) is 4.18. The van der Waals surface area contributed by atoms with Gasteiger partial charge in [-0.3, -0.25) is 4.79 Å². The maximum Gasteiger partial charge on any atom is 0.224 e. The van der Waals surface area contributed by atoms with Crippen LogP contribution in [0.1, 0.15) is 28.8 Å². The lowest BCUT2D eigenvalue weighted by Crippen LogP contribution is -2.13. The molecule has 1 heterocycles. The number of hydrogen-bond acceptors (Lipinski definition) is 2. The van der Waals surface area contributed by atoms with Gasteiger partial charge in [-0.05, 0) is 61.4 Å². The summed E-state index contributed by atoms with van der Waals surface area (Å²) in [5.41, 5.74) is 3.11. The summed E-state index contributed by atoms with van der Waals surface area (Å²) in [6.07, 6.45) is 2.43. The van der Waals surface area contributed by atoms with Crippen molar-refractivity contribution < 1.29 is 4.79 Å². The van der Waals surface area contributed by atoms with E-state index in [9.17, 15) is 4.79 Å². The molecule has 4 heteroatoms. The van der Waals surface area contributed by atoms with Crippen LogP contribution < -0.4 is 5.32 Å². The summed E-state index contributed by atoms with van der Waals surface area (Å²) in [5, 5.41) is 5.10. The van der Waals surface area contributed by atoms with Gasteiger partial charge in [-0.2, -0.15) is 0 Å². The molecule has 0 unspecified atom stereocenters. The molecule has 1 amide bonds. The molecule has 0 atom stereocenters. The molecule has 106 valence electrons. The molecule has 0 aliphatic heterocycles. The van der Waals surface area contributed by atoms with Crippen molar-refractivity contribution in [2.24, 2.45) is 0 Å². The van der Waals surface area contributed by atoms with Gasteiger partial charge in [0.15, 0.2) is 0 Å². The summed E-state index contributed by atoms with van der Waals surface area (Å²) in [5.74, 6) is 0.0927. The fourth-order valence-electron chi connectivity index (χ4n) is 2.19. The highest BCUT2D eigenvalue weighted by Crippen LogP contribution is 2.25. The Labute approximate surface area is 132 Å². The molecule has 2 rings (SSSR count). The van der Waals surface area contributed by atoms with Gasteiger partial charge in [0.25, 0.3) is 0 Å². The van der Waals surface area contributed by atoms with Gasteiger partial charge in [-0.1, -0.05) is 22.0 Å². The smallest absolute Gasteiger partial charge is 0.224 e. The lowest BCUT2D eigenvalue weighted by atomic mass is 10.1. The van der Waals surface area contributed by atoms with Crippen LogP contribution in [0, 0.1) is 13.8 Å². The van der Waals surface area contributed by atoms with Crippen molar-refractivity contribution in [1.29, 1.82) is 0 Å². The molecule has 1 aromatic heterocycles. The summed E-state index contributed by atoms with van der Waals surface area (Å²) in [6, 6.07) is 8.21. The molecule has 0 aliphatic rings. The van der Waals surface area contributed by atoms with E-state index >= 15 is 0 Å². The quantitative estimate of drug-likeness (QED) is 0.798. The Balaban J connectivity index is 1.88. The van der Waals surface area contributed by atoms with Crippen molar-refractivity contribution in [3.63, 3.8) is 0 Å². The maximum absolute atomic E-state index is 12.0. The molecule has 2 aromatic rings. The SMILES string of the molecule is Cc1cc(Br)cc(C)c1NC(=O)CCCc1cccs1. The minimum Gasteiger partial charge on any atom is -0.326 e. The van der Waals surface area contributed by atoms with Gasteiger partial charge < -0.3 is 5.32 Å². The largest absolute Gasteiger partial charge is 0.326 e. The zero-order valence-electron chi connectivity index (χ0n) is 11.7. The van der Waals surface area contributed by atoms with Gasteiger partial charge in [0.05, 0.1) is 0 Å². The summed E-state index contributed by atoms with van der Waals surface area (Å²) in [7, 11) is 0. The molecular weight excluding hydrogens is 334 g/mol. The molecule has 1 aromatic carbocycles. The van der Waals surface area contributed by atoms with E-state index in [0.29, 0.717) is 6.42 Å². The summed E-state index contributed by atoms with van der Waals surface area (Å²) in [4.78, 5) is 13.4. The van der Waals surface area contributed by atoms with Crippen molar-refractivity contribution in [1.82, 2.24) is 0 Å². The highest BCUT2D eigenvalue weighted by molar-refractivity contribution is 9.10. The van der Waals surface area contributed by atoms with E-state index in [-0.39, 0.29) is 5.91 Å². The van der Waals surface area contributed by atoms with E-state index in [4.69, 9.17) is 0 Å². The number of benzene rings is 1. The normalized spacial score (nSPS) is 10.6. The summed E-state index contributed by atoms with van der Waals surface area (Å²) < 4.78 is 1.04. The van der Waals surface area contributed by atoms with E-state index < -0.39 is 0 Å². The van der Waals surface area contributed by atoms with Crippen LogP contribution in [-0.2, 0) is 11.2 Å². The molecule has 2 nitrogen and oxygen atoms in total.